The van der Waals surface area contributed by atoms with Gasteiger partial charge in [0.05, 0.1) is 7.11 Å². The van der Waals surface area contributed by atoms with Gasteiger partial charge >= 0.3 is 5.97 Å². The zero-order valence-electron chi connectivity index (χ0n) is 14.0. The molecular weight excluding hydrogens is 288 g/mol. The molecule has 0 aromatic carbocycles. The second-order valence-electron chi connectivity index (χ2n) is 8.61. The smallest absolute Gasteiger partial charge is 0.374 e. The second-order valence-corrected chi connectivity index (χ2v) is 8.61. The third-order valence-corrected chi connectivity index (χ3v) is 7.11. The van der Waals surface area contributed by atoms with Crippen LogP contribution >= 0.6 is 0 Å². The number of carbonyl (C=O) groups excluding carboxylic acids is 1. The summed E-state index contributed by atoms with van der Waals surface area (Å²) in [5.74, 6) is 4.13. The van der Waals surface area contributed by atoms with Crippen LogP contribution in [0.25, 0.3) is 0 Å². The second kappa shape index (κ2) is 4.87. The van der Waals surface area contributed by atoms with Crippen LogP contribution < -0.4 is 0 Å². The molecule has 6 rings (SSSR count). The fourth-order valence-electron chi connectivity index (χ4n) is 6.71. The Kier molecular flexibility index (Phi) is 2.99. The summed E-state index contributed by atoms with van der Waals surface area (Å²) in [6, 6.07) is 0. The van der Waals surface area contributed by atoms with Crippen molar-refractivity contribution in [1.82, 2.24) is 0 Å². The van der Waals surface area contributed by atoms with E-state index in [9.17, 15) is 4.79 Å². The molecule has 0 atom stereocenters. The molecule has 5 aliphatic carbocycles. The molecule has 0 spiro atoms. The minimum atomic E-state index is -0.279. The molecule has 4 saturated carbocycles. The third-order valence-electron chi connectivity index (χ3n) is 7.11. The lowest BCUT2D eigenvalue weighted by atomic mass is 9.48. The zero-order valence-corrected chi connectivity index (χ0v) is 14.0. The molecule has 23 heavy (non-hydrogen) atoms. The molecule has 3 nitrogen and oxygen atoms in total. The Morgan fingerprint density at radius 3 is 2.13 bits per heavy atom. The van der Waals surface area contributed by atoms with E-state index < -0.39 is 0 Å². The molecule has 4 bridgehead atoms. The van der Waals surface area contributed by atoms with E-state index >= 15 is 0 Å². The first-order valence-corrected chi connectivity index (χ1v) is 9.42. The predicted molar refractivity (Wildman–Crippen MR) is 86.5 cm³/mol. The molecule has 0 radical (unpaired) electrons. The van der Waals surface area contributed by atoms with Gasteiger partial charge in [-0.1, -0.05) is 0 Å². The van der Waals surface area contributed by atoms with Crippen LogP contribution in [0.3, 0.4) is 0 Å². The predicted octanol–water partition coefficient (Wildman–Crippen LogP) is 4.41. The number of hydrogen-bond acceptors (Lipinski definition) is 3. The van der Waals surface area contributed by atoms with Crippen LogP contribution in [0.15, 0.2) is 4.42 Å². The van der Waals surface area contributed by atoms with Crippen molar-refractivity contribution in [3.05, 3.63) is 22.6 Å². The highest BCUT2D eigenvalue weighted by atomic mass is 16.5. The molecule has 0 saturated heterocycles. The van der Waals surface area contributed by atoms with Crippen molar-refractivity contribution < 1.29 is 13.9 Å². The molecule has 1 heterocycles. The van der Waals surface area contributed by atoms with Gasteiger partial charge in [0, 0.05) is 11.0 Å². The largest absolute Gasteiger partial charge is 0.463 e. The lowest BCUT2D eigenvalue weighted by molar-refractivity contribution is -0.0162. The zero-order chi connectivity index (χ0) is 15.6. The van der Waals surface area contributed by atoms with Gasteiger partial charge in [0.15, 0.2) is 0 Å². The average molecular weight is 314 g/mol. The van der Waals surface area contributed by atoms with E-state index in [1.807, 2.05) is 0 Å². The van der Waals surface area contributed by atoms with Crippen molar-refractivity contribution in [3.63, 3.8) is 0 Å². The Morgan fingerprint density at radius 2 is 1.57 bits per heavy atom. The standard InChI is InChI=1S/C20H26O3/c1-22-19(21)17-15-4-2-3-5-16(15)18(23-17)20-9-12-6-13(10-20)8-14(7-12)11-20/h12-14H,2-11H2,1H3. The maximum Gasteiger partial charge on any atom is 0.374 e. The molecular formula is C20H26O3. The first-order valence-electron chi connectivity index (χ1n) is 9.42. The van der Waals surface area contributed by atoms with Crippen LogP contribution in [0.1, 0.15) is 78.8 Å². The lowest BCUT2D eigenvalue weighted by Gasteiger charge is -2.56. The lowest BCUT2D eigenvalue weighted by Crippen LogP contribution is -2.48. The van der Waals surface area contributed by atoms with Gasteiger partial charge in [-0.2, -0.15) is 0 Å². The Balaban J connectivity index is 1.63. The van der Waals surface area contributed by atoms with Crippen LogP contribution in [0, 0.1) is 17.8 Å². The number of methoxy groups -OCH3 is 1. The number of hydrogen-bond donors (Lipinski definition) is 0. The Hall–Kier alpha value is -1.25. The summed E-state index contributed by atoms with van der Waals surface area (Å²) in [7, 11) is 1.46. The summed E-state index contributed by atoms with van der Waals surface area (Å²) in [4.78, 5) is 12.2. The van der Waals surface area contributed by atoms with E-state index in [1.165, 1.54) is 68.9 Å². The first-order chi connectivity index (χ1) is 11.2. The highest BCUT2D eigenvalue weighted by molar-refractivity contribution is 5.88. The SMILES string of the molecule is COC(=O)c1oc(C23CC4CC(CC(C4)C2)C3)c2c1CCCC2. The van der Waals surface area contributed by atoms with E-state index in [2.05, 4.69) is 0 Å². The van der Waals surface area contributed by atoms with Crippen molar-refractivity contribution in [1.29, 1.82) is 0 Å². The number of fused-ring (bicyclic) bond motifs is 1. The topological polar surface area (TPSA) is 39.4 Å². The van der Waals surface area contributed by atoms with Crippen LogP contribution in [-0.4, -0.2) is 13.1 Å². The monoisotopic (exact) mass is 314 g/mol. The Morgan fingerprint density at radius 1 is 1.00 bits per heavy atom. The molecule has 0 amide bonds. The molecule has 0 aliphatic heterocycles. The Bertz CT molecular complexity index is 619. The maximum atomic E-state index is 12.2. The fraction of sp³-hybridized carbons (Fsp3) is 0.750. The number of esters is 1. The summed E-state index contributed by atoms with van der Waals surface area (Å²) in [6.07, 6.45) is 12.6. The van der Waals surface area contributed by atoms with E-state index in [4.69, 9.17) is 9.15 Å². The molecule has 3 heteroatoms. The summed E-state index contributed by atoms with van der Waals surface area (Å²) in [5.41, 5.74) is 2.80. The summed E-state index contributed by atoms with van der Waals surface area (Å²) >= 11 is 0. The normalized spacial score (nSPS) is 37.7. The number of furan rings is 1. The number of ether oxygens (including phenoxy) is 1. The minimum Gasteiger partial charge on any atom is -0.463 e. The quantitative estimate of drug-likeness (QED) is 0.759. The summed E-state index contributed by atoms with van der Waals surface area (Å²) in [5, 5.41) is 0. The van der Waals surface area contributed by atoms with E-state index in [-0.39, 0.29) is 11.4 Å². The molecule has 1 aromatic rings. The van der Waals surface area contributed by atoms with E-state index in [0.717, 1.165) is 37.0 Å². The summed E-state index contributed by atoms with van der Waals surface area (Å²) < 4.78 is 11.3. The van der Waals surface area contributed by atoms with Crippen molar-refractivity contribution in [2.24, 2.45) is 17.8 Å². The first kappa shape index (κ1) is 14.1. The average Bonchev–Trinajstić information content (AvgIpc) is 2.93. The van der Waals surface area contributed by atoms with Crippen molar-refractivity contribution in [2.45, 2.75) is 69.6 Å². The molecule has 0 unspecified atom stereocenters. The van der Waals surface area contributed by atoms with E-state index in [1.54, 1.807) is 0 Å². The highest BCUT2D eigenvalue weighted by Crippen LogP contribution is 2.62. The third kappa shape index (κ3) is 1.98. The van der Waals surface area contributed by atoms with Gasteiger partial charge in [0.25, 0.3) is 0 Å². The van der Waals surface area contributed by atoms with Crippen LogP contribution in [0.2, 0.25) is 0 Å². The molecule has 4 fully saturated rings. The molecule has 5 aliphatic rings. The fourth-order valence-corrected chi connectivity index (χ4v) is 6.71. The Labute approximate surface area is 137 Å². The minimum absolute atomic E-state index is 0.239. The van der Waals surface area contributed by atoms with Gasteiger partial charge < -0.3 is 9.15 Å². The van der Waals surface area contributed by atoms with Gasteiger partial charge in [-0.05, 0) is 87.5 Å². The van der Waals surface area contributed by atoms with Crippen LogP contribution in [-0.2, 0) is 23.0 Å². The summed E-state index contributed by atoms with van der Waals surface area (Å²) in [6.45, 7) is 0. The van der Waals surface area contributed by atoms with Crippen LogP contribution in [0.5, 0.6) is 0 Å². The molecule has 124 valence electrons. The van der Waals surface area contributed by atoms with Gasteiger partial charge in [-0.25, -0.2) is 4.79 Å². The molecule has 0 N–H and O–H groups in total. The van der Waals surface area contributed by atoms with Gasteiger partial charge in [-0.15, -0.1) is 0 Å². The van der Waals surface area contributed by atoms with Gasteiger partial charge in [-0.3, -0.25) is 0 Å². The number of rotatable bonds is 2. The van der Waals surface area contributed by atoms with Gasteiger partial charge in [0.1, 0.15) is 5.76 Å². The van der Waals surface area contributed by atoms with Crippen molar-refractivity contribution >= 4 is 5.97 Å². The van der Waals surface area contributed by atoms with Gasteiger partial charge in [0.2, 0.25) is 5.76 Å². The van der Waals surface area contributed by atoms with E-state index in [0.29, 0.717) is 5.76 Å². The van der Waals surface area contributed by atoms with Crippen molar-refractivity contribution in [3.8, 4) is 0 Å². The molecule has 1 aromatic heterocycles. The highest BCUT2D eigenvalue weighted by Gasteiger charge is 2.54. The van der Waals surface area contributed by atoms with Crippen LogP contribution in [0.4, 0.5) is 0 Å². The van der Waals surface area contributed by atoms with Crippen molar-refractivity contribution in [2.75, 3.05) is 7.11 Å². The maximum absolute atomic E-state index is 12.2. The number of carbonyl (C=O) groups is 1.